The van der Waals surface area contributed by atoms with Gasteiger partial charge in [0.05, 0.1) is 19.6 Å². The largest absolute Gasteiger partial charge is 0.466 e. The second-order valence-corrected chi connectivity index (χ2v) is 5.81. The lowest BCUT2D eigenvalue weighted by Gasteiger charge is -2.19. The molecule has 0 aliphatic rings. The molecule has 2 aromatic rings. The third-order valence-corrected chi connectivity index (χ3v) is 4.15. The van der Waals surface area contributed by atoms with E-state index in [1.165, 1.54) is 4.57 Å². The van der Waals surface area contributed by atoms with Crippen LogP contribution >= 0.6 is 0 Å². The lowest BCUT2D eigenvalue weighted by atomic mass is 9.87. The maximum absolute atomic E-state index is 12.0. The molecule has 5 heteroatoms. The molecule has 0 saturated carbocycles. The Labute approximate surface area is 141 Å². The molecule has 0 aliphatic carbocycles. The van der Waals surface area contributed by atoms with Crippen molar-refractivity contribution in [1.82, 2.24) is 4.57 Å². The number of benzene rings is 1. The van der Waals surface area contributed by atoms with Gasteiger partial charge in [0, 0.05) is 25.2 Å². The molecule has 0 saturated heterocycles. The fourth-order valence-corrected chi connectivity index (χ4v) is 2.67. The fraction of sp³-hybridized carbons (Fsp3) is 0.368. The molecule has 0 spiro atoms. The molecule has 5 nitrogen and oxygen atoms in total. The number of aliphatic hydroxyl groups is 1. The van der Waals surface area contributed by atoms with Gasteiger partial charge in [-0.05, 0) is 42.2 Å². The average molecular weight is 329 g/mol. The molecule has 0 bridgehead atoms. The molecule has 0 fully saturated rings. The minimum atomic E-state index is -0.311. The van der Waals surface area contributed by atoms with Crippen LogP contribution in [0.15, 0.2) is 41.3 Å². The summed E-state index contributed by atoms with van der Waals surface area (Å²) < 4.78 is 6.56. The maximum Gasteiger partial charge on any atom is 0.306 e. The zero-order valence-corrected chi connectivity index (χ0v) is 14.3. The number of aryl methyl sites for hydroxylation is 2. The average Bonchev–Trinajstić information content (AvgIpc) is 2.56. The van der Waals surface area contributed by atoms with E-state index in [-0.39, 0.29) is 30.5 Å². The summed E-state index contributed by atoms with van der Waals surface area (Å²) in [7, 11) is 1.68. The highest BCUT2D eigenvalue weighted by Crippen LogP contribution is 2.29. The quantitative estimate of drug-likeness (QED) is 0.826. The number of aliphatic hydroxyl groups excluding tert-OH is 1. The Morgan fingerprint density at radius 1 is 1.25 bits per heavy atom. The molecule has 1 atom stereocenters. The lowest BCUT2D eigenvalue weighted by molar-refractivity contribution is -0.143. The monoisotopic (exact) mass is 329 g/mol. The second-order valence-electron chi connectivity index (χ2n) is 5.81. The number of nitrogens with zero attached hydrogens (tertiary/aromatic N) is 1. The number of hydrogen-bond donors (Lipinski definition) is 1. The van der Waals surface area contributed by atoms with Gasteiger partial charge in [-0.25, -0.2) is 0 Å². The van der Waals surface area contributed by atoms with Crippen LogP contribution in [-0.2, 0) is 23.2 Å². The van der Waals surface area contributed by atoms with Gasteiger partial charge >= 0.3 is 5.97 Å². The van der Waals surface area contributed by atoms with Crippen LogP contribution in [0.5, 0.6) is 0 Å². The Morgan fingerprint density at radius 2 is 1.96 bits per heavy atom. The van der Waals surface area contributed by atoms with Crippen molar-refractivity contribution >= 4 is 5.97 Å². The van der Waals surface area contributed by atoms with Crippen molar-refractivity contribution in [2.75, 3.05) is 6.61 Å². The highest BCUT2D eigenvalue weighted by molar-refractivity contribution is 5.71. The van der Waals surface area contributed by atoms with Gasteiger partial charge in [0.1, 0.15) is 0 Å². The minimum Gasteiger partial charge on any atom is -0.466 e. The molecule has 0 radical (unpaired) electrons. The van der Waals surface area contributed by atoms with Gasteiger partial charge in [0.2, 0.25) is 0 Å². The van der Waals surface area contributed by atoms with Crippen LogP contribution in [0.3, 0.4) is 0 Å². The first kappa shape index (κ1) is 17.9. The Balaban J connectivity index is 2.47. The fourth-order valence-electron chi connectivity index (χ4n) is 2.67. The molecule has 24 heavy (non-hydrogen) atoms. The van der Waals surface area contributed by atoms with E-state index < -0.39 is 0 Å². The van der Waals surface area contributed by atoms with E-state index >= 15 is 0 Å². The van der Waals surface area contributed by atoms with Crippen molar-refractivity contribution in [2.24, 2.45) is 7.05 Å². The van der Waals surface area contributed by atoms with Crippen molar-refractivity contribution in [2.45, 2.75) is 32.8 Å². The lowest BCUT2D eigenvalue weighted by Crippen LogP contribution is -2.18. The first-order valence-corrected chi connectivity index (χ1v) is 7.98. The molecule has 0 amide bonds. The number of ether oxygens (including phenoxy) is 1. The van der Waals surface area contributed by atoms with Crippen LogP contribution in [0.4, 0.5) is 0 Å². The maximum atomic E-state index is 12.0. The van der Waals surface area contributed by atoms with Crippen molar-refractivity contribution in [3.05, 3.63) is 69.1 Å². The van der Waals surface area contributed by atoms with Crippen LogP contribution in [0.25, 0.3) is 0 Å². The number of pyridine rings is 1. The topological polar surface area (TPSA) is 68.5 Å². The molecule has 1 aromatic carbocycles. The summed E-state index contributed by atoms with van der Waals surface area (Å²) in [6.45, 7) is 3.94. The molecule has 1 aromatic heterocycles. The van der Waals surface area contributed by atoms with Crippen LogP contribution in [0.1, 0.15) is 41.5 Å². The van der Waals surface area contributed by atoms with Crippen molar-refractivity contribution in [1.29, 1.82) is 0 Å². The van der Waals surface area contributed by atoms with Crippen LogP contribution in [0, 0.1) is 6.92 Å². The normalized spacial score (nSPS) is 12.0. The Bertz CT molecular complexity index is 779. The summed E-state index contributed by atoms with van der Waals surface area (Å²) >= 11 is 0. The van der Waals surface area contributed by atoms with Crippen LogP contribution < -0.4 is 5.56 Å². The predicted molar refractivity (Wildman–Crippen MR) is 91.9 cm³/mol. The van der Waals surface area contributed by atoms with Gasteiger partial charge < -0.3 is 14.4 Å². The van der Waals surface area contributed by atoms with E-state index in [1.807, 2.05) is 31.2 Å². The Morgan fingerprint density at radius 3 is 2.58 bits per heavy atom. The third-order valence-electron chi connectivity index (χ3n) is 4.15. The van der Waals surface area contributed by atoms with Crippen molar-refractivity contribution in [3.63, 3.8) is 0 Å². The smallest absolute Gasteiger partial charge is 0.306 e. The number of aromatic nitrogens is 1. The molecular weight excluding hydrogens is 306 g/mol. The molecule has 1 N–H and O–H groups in total. The van der Waals surface area contributed by atoms with Crippen molar-refractivity contribution < 1.29 is 14.6 Å². The minimum absolute atomic E-state index is 0.0671. The summed E-state index contributed by atoms with van der Waals surface area (Å²) in [6, 6.07) is 9.11. The third kappa shape index (κ3) is 4.11. The summed E-state index contributed by atoms with van der Waals surface area (Å²) in [5.41, 5.74) is 3.31. The Hall–Kier alpha value is -2.40. The number of hydrogen-bond acceptors (Lipinski definition) is 4. The molecular formula is C19H23NO4. The zero-order chi connectivity index (χ0) is 17.7. The molecule has 1 heterocycles. The van der Waals surface area contributed by atoms with Crippen LogP contribution in [0.2, 0.25) is 0 Å². The summed E-state index contributed by atoms with van der Waals surface area (Å²) in [5.74, 6) is -0.599. The SMILES string of the molecule is CCOC(=O)CC(c1ccc(C)c(CO)c1)c1ccn(C)c(=O)c1. The van der Waals surface area contributed by atoms with Gasteiger partial charge in [0.15, 0.2) is 0 Å². The van der Waals surface area contributed by atoms with Crippen LogP contribution in [-0.4, -0.2) is 22.2 Å². The van der Waals surface area contributed by atoms with Gasteiger partial charge in [-0.3, -0.25) is 9.59 Å². The van der Waals surface area contributed by atoms with E-state index in [1.54, 1.807) is 26.2 Å². The number of esters is 1. The predicted octanol–water partition coefficient (Wildman–Crippen LogP) is 2.27. The van der Waals surface area contributed by atoms with Crippen molar-refractivity contribution in [3.8, 4) is 0 Å². The van der Waals surface area contributed by atoms with Gasteiger partial charge in [-0.1, -0.05) is 18.2 Å². The standard InChI is InChI=1S/C19H23NO4/c1-4-24-19(23)11-17(15-7-8-20(3)18(22)10-15)14-6-5-13(2)16(9-14)12-21/h5-10,17,21H,4,11-12H2,1-3H3. The second kappa shape index (κ2) is 7.93. The molecule has 128 valence electrons. The molecule has 2 rings (SSSR count). The highest BCUT2D eigenvalue weighted by Gasteiger charge is 2.20. The number of carbonyl (C=O) groups is 1. The summed E-state index contributed by atoms with van der Waals surface area (Å²) in [5, 5.41) is 9.50. The first-order valence-electron chi connectivity index (χ1n) is 7.98. The zero-order valence-electron chi connectivity index (χ0n) is 14.3. The summed E-state index contributed by atoms with van der Waals surface area (Å²) in [6.07, 6.45) is 1.84. The summed E-state index contributed by atoms with van der Waals surface area (Å²) in [4.78, 5) is 24.0. The van der Waals surface area contributed by atoms with E-state index in [2.05, 4.69) is 0 Å². The van der Waals surface area contributed by atoms with Gasteiger partial charge in [0.25, 0.3) is 5.56 Å². The first-order chi connectivity index (χ1) is 11.5. The number of carbonyl (C=O) groups excluding carboxylic acids is 1. The van der Waals surface area contributed by atoms with Gasteiger partial charge in [-0.15, -0.1) is 0 Å². The Kier molecular flexibility index (Phi) is 5.93. The van der Waals surface area contributed by atoms with Gasteiger partial charge in [-0.2, -0.15) is 0 Å². The van der Waals surface area contributed by atoms with E-state index in [0.29, 0.717) is 6.61 Å². The van der Waals surface area contributed by atoms with E-state index in [9.17, 15) is 14.7 Å². The molecule has 0 aliphatic heterocycles. The van der Waals surface area contributed by atoms with E-state index in [0.717, 1.165) is 22.3 Å². The molecule has 1 unspecified atom stereocenters. The highest BCUT2D eigenvalue weighted by atomic mass is 16.5. The number of rotatable bonds is 6. The van der Waals surface area contributed by atoms with E-state index in [4.69, 9.17) is 4.74 Å².